The summed E-state index contributed by atoms with van der Waals surface area (Å²) in [5.74, 6) is 0.811. The summed E-state index contributed by atoms with van der Waals surface area (Å²) in [7, 11) is 1.65. The van der Waals surface area contributed by atoms with Crippen LogP contribution < -0.4 is 10.5 Å². The number of rotatable bonds is 2. The zero-order valence-electron chi connectivity index (χ0n) is 8.00. The van der Waals surface area contributed by atoms with Crippen LogP contribution in [0.1, 0.15) is 24.2 Å². The van der Waals surface area contributed by atoms with E-state index in [4.69, 9.17) is 10.5 Å². The van der Waals surface area contributed by atoms with Gasteiger partial charge in [-0.1, -0.05) is 0 Å². The Labute approximate surface area is 77.9 Å². The second kappa shape index (κ2) is 2.70. The summed E-state index contributed by atoms with van der Waals surface area (Å²) < 4.78 is 5.22. The highest BCUT2D eigenvalue weighted by molar-refractivity contribution is 5.37. The highest BCUT2D eigenvalue weighted by Gasteiger charge is 2.43. The van der Waals surface area contributed by atoms with Crippen LogP contribution in [0.25, 0.3) is 0 Å². The van der Waals surface area contributed by atoms with Crippen molar-refractivity contribution in [3.63, 3.8) is 0 Å². The van der Waals surface area contributed by atoms with Crippen LogP contribution in [-0.2, 0) is 5.54 Å². The number of pyridine rings is 1. The Bertz CT molecular complexity index is 332. The fourth-order valence-corrected chi connectivity index (χ4v) is 1.44. The zero-order chi connectivity index (χ0) is 9.47. The third-order valence-corrected chi connectivity index (χ3v) is 2.48. The monoisotopic (exact) mass is 178 g/mol. The summed E-state index contributed by atoms with van der Waals surface area (Å²) in [6.45, 7) is 1.97. The van der Waals surface area contributed by atoms with Gasteiger partial charge in [0.1, 0.15) is 11.4 Å². The molecule has 1 aliphatic carbocycles. The fourth-order valence-electron chi connectivity index (χ4n) is 1.44. The maximum absolute atomic E-state index is 6.07. The number of methoxy groups -OCH3 is 1. The van der Waals surface area contributed by atoms with E-state index in [1.165, 1.54) is 0 Å². The molecule has 1 heterocycles. The molecule has 2 rings (SSSR count). The van der Waals surface area contributed by atoms with Crippen LogP contribution in [0, 0.1) is 6.92 Å². The Hall–Kier alpha value is -1.09. The van der Waals surface area contributed by atoms with Crippen LogP contribution >= 0.6 is 0 Å². The van der Waals surface area contributed by atoms with Crippen molar-refractivity contribution in [2.45, 2.75) is 25.3 Å². The molecule has 0 atom stereocenters. The first-order chi connectivity index (χ1) is 6.15. The van der Waals surface area contributed by atoms with Gasteiger partial charge in [-0.25, -0.2) is 0 Å². The van der Waals surface area contributed by atoms with E-state index in [1.807, 2.05) is 19.1 Å². The molecular formula is C10H14N2O. The number of ether oxygens (including phenoxy) is 1. The van der Waals surface area contributed by atoms with Crippen molar-refractivity contribution >= 4 is 0 Å². The molecule has 0 amide bonds. The molecule has 70 valence electrons. The Morgan fingerprint density at radius 2 is 2.15 bits per heavy atom. The number of nitrogens with two attached hydrogens (primary N) is 1. The van der Waals surface area contributed by atoms with Crippen molar-refractivity contribution in [1.82, 2.24) is 4.98 Å². The lowest BCUT2D eigenvalue weighted by Gasteiger charge is -2.13. The zero-order valence-corrected chi connectivity index (χ0v) is 8.00. The van der Waals surface area contributed by atoms with E-state index >= 15 is 0 Å². The summed E-state index contributed by atoms with van der Waals surface area (Å²) in [5, 5.41) is 0. The number of hydrogen-bond acceptors (Lipinski definition) is 3. The van der Waals surface area contributed by atoms with Gasteiger partial charge in [0, 0.05) is 5.69 Å². The molecule has 13 heavy (non-hydrogen) atoms. The van der Waals surface area contributed by atoms with Gasteiger partial charge in [-0.3, -0.25) is 4.98 Å². The lowest BCUT2D eigenvalue weighted by Crippen LogP contribution is -2.21. The minimum atomic E-state index is -0.211. The minimum Gasteiger partial charge on any atom is -0.495 e. The van der Waals surface area contributed by atoms with Gasteiger partial charge in [-0.15, -0.1) is 0 Å². The summed E-state index contributed by atoms with van der Waals surface area (Å²) in [4.78, 5) is 4.43. The van der Waals surface area contributed by atoms with Gasteiger partial charge >= 0.3 is 0 Å². The molecular weight excluding hydrogens is 164 g/mol. The average Bonchev–Trinajstić information content (AvgIpc) is 2.85. The topological polar surface area (TPSA) is 48.1 Å². The standard InChI is InChI=1S/C10H14N2O/c1-7-3-4-8(13-2)9(12-7)10(11)5-6-10/h3-4H,5-6,11H2,1-2H3. The molecule has 1 aliphatic rings. The van der Waals surface area contributed by atoms with Crippen LogP contribution in [0.5, 0.6) is 5.75 Å². The Kier molecular flexibility index (Phi) is 1.77. The smallest absolute Gasteiger partial charge is 0.142 e. The van der Waals surface area contributed by atoms with Gasteiger partial charge in [0.2, 0.25) is 0 Å². The average molecular weight is 178 g/mol. The first kappa shape index (κ1) is 8.51. The first-order valence-corrected chi connectivity index (χ1v) is 4.47. The van der Waals surface area contributed by atoms with E-state index < -0.39 is 0 Å². The lowest BCUT2D eigenvalue weighted by molar-refractivity contribution is 0.400. The highest BCUT2D eigenvalue weighted by atomic mass is 16.5. The molecule has 0 unspecified atom stereocenters. The number of aryl methyl sites for hydroxylation is 1. The third kappa shape index (κ3) is 1.40. The summed E-state index contributed by atoms with van der Waals surface area (Å²) >= 11 is 0. The van der Waals surface area contributed by atoms with Gasteiger partial charge in [-0.2, -0.15) is 0 Å². The van der Waals surface area contributed by atoms with Gasteiger partial charge in [0.05, 0.1) is 12.6 Å². The molecule has 1 aromatic heterocycles. The molecule has 1 fully saturated rings. The quantitative estimate of drug-likeness (QED) is 0.743. The largest absolute Gasteiger partial charge is 0.495 e. The van der Waals surface area contributed by atoms with Crippen LogP contribution in [-0.4, -0.2) is 12.1 Å². The van der Waals surface area contributed by atoms with Crippen LogP contribution in [0.4, 0.5) is 0 Å². The second-order valence-corrected chi connectivity index (χ2v) is 3.66. The predicted octanol–water partition coefficient (Wildman–Crippen LogP) is 1.35. The van der Waals surface area contributed by atoms with Gasteiger partial charge < -0.3 is 10.5 Å². The Balaban J connectivity index is 2.47. The van der Waals surface area contributed by atoms with Crippen molar-refractivity contribution in [1.29, 1.82) is 0 Å². The third-order valence-electron chi connectivity index (χ3n) is 2.48. The molecule has 3 nitrogen and oxygen atoms in total. The second-order valence-electron chi connectivity index (χ2n) is 3.66. The predicted molar refractivity (Wildman–Crippen MR) is 50.6 cm³/mol. The van der Waals surface area contributed by atoms with E-state index in [-0.39, 0.29) is 5.54 Å². The van der Waals surface area contributed by atoms with Crippen LogP contribution in [0.15, 0.2) is 12.1 Å². The van der Waals surface area contributed by atoms with Crippen molar-refractivity contribution in [3.05, 3.63) is 23.5 Å². The lowest BCUT2D eigenvalue weighted by atomic mass is 10.1. The van der Waals surface area contributed by atoms with E-state index in [0.29, 0.717) is 0 Å². The van der Waals surface area contributed by atoms with Crippen LogP contribution in [0.2, 0.25) is 0 Å². The van der Waals surface area contributed by atoms with Gasteiger partial charge in [0.25, 0.3) is 0 Å². The SMILES string of the molecule is COc1ccc(C)nc1C1(N)CC1. The summed E-state index contributed by atoms with van der Waals surface area (Å²) in [5.41, 5.74) is 7.76. The molecule has 1 saturated carbocycles. The molecule has 0 bridgehead atoms. The van der Waals surface area contributed by atoms with Gasteiger partial charge in [-0.05, 0) is 31.9 Å². The molecule has 1 aromatic rings. The normalized spacial score (nSPS) is 18.4. The summed E-state index contributed by atoms with van der Waals surface area (Å²) in [6, 6.07) is 3.87. The van der Waals surface area contributed by atoms with Crippen molar-refractivity contribution < 1.29 is 4.74 Å². The molecule has 0 aromatic carbocycles. The molecule has 3 heteroatoms. The van der Waals surface area contributed by atoms with E-state index in [2.05, 4.69) is 4.98 Å². The van der Waals surface area contributed by atoms with E-state index in [9.17, 15) is 0 Å². The minimum absolute atomic E-state index is 0.211. The molecule has 0 aliphatic heterocycles. The maximum atomic E-state index is 6.07. The van der Waals surface area contributed by atoms with Crippen molar-refractivity contribution in [2.24, 2.45) is 5.73 Å². The van der Waals surface area contributed by atoms with Crippen molar-refractivity contribution in [3.8, 4) is 5.75 Å². The molecule has 0 saturated heterocycles. The fraction of sp³-hybridized carbons (Fsp3) is 0.500. The first-order valence-electron chi connectivity index (χ1n) is 4.47. The van der Waals surface area contributed by atoms with E-state index in [1.54, 1.807) is 7.11 Å². The Morgan fingerprint density at radius 3 is 2.69 bits per heavy atom. The Morgan fingerprint density at radius 1 is 1.46 bits per heavy atom. The van der Waals surface area contributed by atoms with Gasteiger partial charge in [0.15, 0.2) is 0 Å². The molecule has 2 N–H and O–H groups in total. The van der Waals surface area contributed by atoms with Crippen molar-refractivity contribution in [2.75, 3.05) is 7.11 Å². The molecule has 0 radical (unpaired) electrons. The van der Waals surface area contributed by atoms with E-state index in [0.717, 1.165) is 30.0 Å². The summed E-state index contributed by atoms with van der Waals surface area (Å²) in [6.07, 6.45) is 2.03. The highest BCUT2D eigenvalue weighted by Crippen LogP contribution is 2.45. The van der Waals surface area contributed by atoms with Crippen LogP contribution in [0.3, 0.4) is 0 Å². The maximum Gasteiger partial charge on any atom is 0.142 e. The number of nitrogens with zero attached hydrogens (tertiary/aromatic N) is 1. The molecule has 0 spiro atoms. The number of hydrogen-bond donors (Lipinski definition) is 1. The number of aromatic nitrogens is 1.